The van der Waals surface area contributed by atoms with Gasteiger partial charge < -0.3 is 5.32 Å². The van der Waals surface area contributed by atoms with Crippen LogP contribution in [0.5, 0.6) is 0 Å². The van der Waals surface area contributed by atoms with E-state index in [1.165, 1.54) is 23.9 Å². The molecule has 0 radical (unpaired) electrons. The second-order valence-corrected chi connectivity index (χ2v) is 10.8. The van der Waals surface area contributed by atoms with Crippen molar-refractivity contribution >= 4 is 81.2 Å². The molecule has 4 rings (SSSR count). The van der Waals surface area contributed by atoms with E-state index >= 15 is 0 Å². The van der Waals surface area contributed by atoms with Gasteiger partial charge in [-0.25, -0.2) is 0 Å². The molecule has 3 aromatic rings. The van der Waals surface area contributed by atoms with Crippen LogP contribution in [0.3, 0.4) is 0 Å². The molecule has 0 unspecified atom stereocenters. The van der Waals surface area contributed by atoms with Crippen molar-refractivity contribution in [1.29, 1.82) is 0 Å². The zero-order valence-corrected chi connectivity index (χ0v) is 22.2. The average Bonchev–Trinajstić information content (AvgIpc) is 3.10. The van der Waals surface area contributed by atoms with Gasteiger partial charge in [-0.1, -0.05) is 47.1 Å². The molecule has 0 saturated carbocycles. The molecule has 12 heteroatoms. The molecule has 1 saturated heterocycles. The van der Waals surface area contributed by atoms with Gasteiger partial charge in [0.15, 0.2) is 0 Å². The van der Waals surface area contributed by atoms with Gasteiger partial charge in [0.2, 0.25) is 5.91 Å². The van der Waals surface area contributed by atoms with Crippen molar-refractivity contribution < 1.29 is 19.3 Å². The summed E-state index contributed by atoms with van der Waals surface area (Å²) < 4.78 is 0. The highest BCUT2D eigenvalue weighted by Gasteiger charge is 2.36. The summed E-state index contributed by atoms with van der Waals surface area (Å²) in [7, 11) is 0. The fraction of sp³-hybridized carbons (Fsp3) is 0.0800. The Kier molecular flexibility index (Phi) is 8.23. The molecular formula is C25H17Cl2N3O5S2. The highest BCUT2D eigenvalue weighted by Crippen LogP contribution is 2.37. The Labute approximate surface area is 230 Å². The largest absolute Gasteiger partial charge is 0.324 e. The van der Waals surface area contributed by atoms with Gasteiger partial charge >= 0.3 is 0 Å². The summed E-state index contributed by atoms with van der Waals surface area (Å²) >= 11 is 13.7. The van der Waals surface area contributed by atoms with Crippen LogP contribution in [-0.4, -0.2) is 33.4 Å². The molecule has 0 spiro atoms. The lowest BCUT2D eigenvalue weighted by atomic mass is 10.2. The number of anilines is 1. The lowest BCUT2D eigenvalue weighted by Gasteiger charge is -2.13. The summed E-state index contributed by atoms with van der Waals surface area (Å²) in [4.78, 5) is 51.1. The van der Waals surface area contributed by atoms with Gasteiger partial charge in [-0.3, -0.25) is 29.4 Å². The molecule has 1 N–H and O–H groups in total. The zero-order chi connectivity index (χ0) is 26.7. The molecule has 37 heavy (non-hydrogen) atoms. The number of aryl methyl sites for hydroxylation is 1. The van der Waals surface area contributed by atoms with Crippen LogP contribution < -0.4 is 5.32 Å². The Morgan fingerprint density at radius 1 is 1.08 bits per heavy atom. The normalized spacial score (nSPS) is 14.4. The lowest BCUT2D eigenvalue weighted by molar-refractivity contribution is -0.387. The molecule has 0 aliphatic carbocycles. The zero-order valence-electron chi connectivity index (χ0n) is 19.1. The maximum Gasteiger partial charge on any atom is 0.294 e. The van der Waals surface area contributed by atoms with Crippen LogP contribution in [0.1, 0.15) is 11.1 Å². The molecule has 0 aromatic heterocycles. The Bertz CT molecular complexity index is 1460. The summed E-state index contributed by atoms with van der Waals surface area (Å²) in [6, 6.07) is 16.4. The number of hydrogen-bond acceptors (Lipinski definition) is 7. The van der Waals surface area contributed by atoms with Gasteiger partial charge in [0.25, 0.3) is 16.8 Å². The SMILES string of the molecule is Cc1ccc(Cl)cc1NC(=O)CN1C(=O)S/C(=C\c2ccc(Sc3ccc(Cl)cc3)c([N+](=O)[O-])c2)C1=O. The van der Waals surface area contributed by atoms with Crippen molar-refractivity contribution in [2.24, 2.45) is 0 Å². The number of imide groups is 1. The van der Waals surface area contributed by atoms with E-state index in [1.54, 1.807) is 61.5 Å². The minimum absolute atomic E-state index is 0.0594. The molecule has 1 aliphatic heterocycles. The van der Waals surface area contributed by atoms with Crippen molar-refractivity contribution in [1.82, 2.24) is 4.90 Å². The molecule has 1 fully saturated rings. The number of carbonyl (C=O) groups is 3. The first-order valence-corrected chi connectivity index (χ1v) is 13.0. The van der Waals surface area contributed by atoms with E-state index in [4.69, 9.17) is 23.2 Å². The smallest absolute Gasteiger partial charge is 0.294 e. The Balaban J connectivity index is 1.50. The highest BCUT2D eigenvalue weighted by atomic mass is 35.5. The second-order valence-electron chi connectivity index (χ2n) is 7.82. The first-order valence-electron chi connectivity index (χ1n) is 10.6. The van der Waals surface area contributed by atoms with Crippen LogP contribution in [0.15, 0.2) is 75.4 Å². The predicted molar refractivity (Wildman–Crippen MR) is 146 cm³/mol. The number of halogens is 2. The molecule has 3 aromatic carbocycles. The Morgan fingerprint density at radius 3 is 2.49 bits per heavy atom. The van der Waals surface area contributed by atoms with Crippen LogP contribution in [0, 0.1) is 17.0 Å². The number of nitro benzene ring substituents is 1. The topological polar surface area (TPSA) is 110 Å². The summed E-state index contributed by atoms with van der Waals surface area (Å²) in [5.74, 6) is -1.22. The van der Waals surface area contributed by atoms with Gasteiger partial charge in [-0.15, -0.1) is 0 Å². The highest BCUT2D eigenvalue weighted by molar-refractivity contribution is 8.18. The summed E-state index contributed by atoms with van der Waals surface area (Å²) in [6.07, 6.45) is 1.40. The van der Waals surface area contributed by atoms with Gasteiger partial charge in [-0.2, -0.15) is 0 Å². The van der Waals surface area contributed by atoms with E-state index in [0.29, 0.717) is 38.0 Å². The average molecular weight is 574 g/mol. The van der Waals surface area contributed by atoms with Crippen molar-refractivity contribution in [3.63, 3.8) is 0 Å². The summed E-state index contributed by atoms with van der Waals surface area (Å²) in [6.45, 7) is 1.30. The van der Waals surface area contributed by atoms with Gasteiger partial charge in [0, 0.05) is 26.7 Å². The Morgan fingerprint density at radius 2 is 1.78 bits per heavy atom. The van der Waals surface area contributed by atoms with Crippen LogP contribution >= 0.6 is 46.7 Å². The fourth-order valence-corrected chi connectivity index (χ4v) is 5.37. The van der Waals surface area contributed by atoms with Crippen molar-refractivity contribution in [3.8, 4) is 0 Å². The molecule has 0 bridgehead atoms. The van der Waals surface area contributed by atoms with Crippen LogP contribution in [-0.2, 0) is 9.59 Å². The molecule has 0 atom stereocenters. The minimum atomic E-state index is -0.657. The third-order valence-corrected chi connectivity index (χ3v) is 7.64. The monoisotopic (exact) mass is 573 g/mol. The maximum atomic E-state index is 12.8. The maximum absolute atomic E-state index is 12.8. The molecular weight excluding hydrogens is 557 g/mol. The first kappa shape index (κ1) is 26.7. The molecule has 8 nitrogen and oxygen atoms in total. The number of amides is 3. The van der Waals surface area contributed by atoms with Gasteiger partial charge in [-0.05, 0) is 78.4 Å². The number of rotatable bonds is 7. The van der Waals surface area contributed by atoms with E-state index in [0.717, 1.165) is 15.4 Å². The van der Waals surface area contributed by atoms with E-state index in [9.17, 15) is 24.5 Å². The third-order valence-electron chi connectivity index (χ3n) is 5.17. The van der Waals surface area contributed by atoms with E-state index in [-0.39, 0.29) is 10.6 Å². The van der Waals surface area contributed by atoms with Crippen molar-refractivity contribution in [2.75, 3.05) is 11.9 Å². The van der Waals surface area contributed by atoms with Gasteiger partial charge in [0.1, 0.15) is 6.54 Å². The van der Waals surface area contributed by atoms with Crippen LogP contribution in [0.4, 0.5) is 16.2 Å². The number of hydrogen-bond donors (Lipinski definition) is 1. The fourth-order valence-electron chi connectivity index (χ4n) is 3.33. The minimum Gasteiger partial charge on any atom is -0.324 e. The molecule has 1 heterocycles. The van der Waals surface area contributed by atoms with E-state index in [1.807, 2.05) is 0 Å². The van der Waals surface area contributed by atoms with Crippen molar-refractivity contribution in [2.45, 2.75) is 16.7 Å². The van der Waals surface area contributed by atoms with E-state index < -0.39 is 28.5 Å². The number of nitrogens with zero attached hydrogens (tertiary/aromatic N) is 2. The number of nitro groups is 1. The number of thioether (sulfide) groups is 1. The molecule has 3 amide bonds. The van der Waals surface area contributed by atoms with Crippen LogP contribution in [0.25, 0.3) is 6.08 Å². The quantitative estimate of drug-likeness (QED) is 0.183. The van der Waals surface area contributed by atoms with Gasteiger partial charge in [0.05, 0.1) is 14.7 Å². The number of benzene rings is 3. The summed E-state index contributed by atoms with van der Waals surface area (Å²) in [5, 5.41) is 14.7. The number of carbonyl (C=O) groups excluding carboxylic acids is 3. The first-order chi connectivity index (χ1) is 17.6. The molecule has 188 valence electrons. The standard InChI is InChI=1S/C25H17Cl2N3O5S2/c1-14-2-4-17(27)12-19(14)28-23(31)13-29-24(32)22(37-25(29)33)11-15-3-9-21(20(10-15)30(34)35)36-18-7-5-16(26)6-8-18/h2-12H,13H2,1H3,(H,28,31)/b22-11-. The molecule has 1 aliphatic rings. The number of nitrogens with one attached hydrogen (secondary N) is 1. The van der Waals surface area contributed by atoms with Crippen LogP contribution in [0.2, 0.25) is 10.0 Å². The third kappa shape index (κ3) is 6.53. The lowest BCUT2D eigenvalue weighted by Crippen LogP contribution is -2.36. The van der Waals surface area contributed by atoms with E-state index in [2.05, 4.69) is 5.32 Å². The predicted octanol–water partition coefficient (Wildman–Crippen LogP) is 7.04. The Hall–Kier alpha value is -3.31. The second kappa shape index (κ2) is 11.4. The summed E-state index contributed by atoms with van der Waals surface area (Å²) in [5.41, 5.74) is 1.47. The van der Waals surface area contributed by atoms with Crippen molar-refractivity contribution in [3.05, 3.63) is 96.9 Å².